The SMILES string of the molecule is C[C@H](CO)NCC(=O)NC(C)(C)C. The highest BCUT2D eigenvalue weighted by atomic mass is 16.3. The lowest BCUT2D eigenvalue weighted by molar-refractivity contribution is -0.121. The highest BCUT2D eigenvalue weighted by Gasteiger charge is 2.13. The third-order valence-electron chi connectivity index (χ3n) is 1.40. The molecular formula is C9H20N2O2. The lowest BCUT2D eigenvalue weighted by Crippen LogP contribution is -2.46. The van der Waals surface area contributed by atoms with Crippen LogP contribution in [-0.2, 0) is 4.79 Å². The number of rotatable bonds is 4. The van der Waals surface area contributed by atoms with Gasteiger partial charge in [0, 0.05) is 11.6 Å². The van der Waals surface area contributed by atoms with E-state index in [9.17, 15) is 4.79 Å². The number of hydrogen-bond acceptors (Lipinski definition) is 3. The predicted octanol–water partition coefficient (Wildman–Crippen LogP) is -0.128. The van der Waals surface area contributed by atoms with Crippen LogP contribution in [-0.4, -0.2) is 35.7 Å². The fourth-order valence-corrected chi connectivity index (χ4v) is 0.794. The topological polar surface area (TPSA) is 61.4 Å². The van der Waals surface area contributed by atoms with Crippen molar-refractivity contribution in [1.29, 1.82) is 0 Å². The van der Waals surface area contributed by atoms with Crippen molar-refractivity contribution in [1.82, 2.24) is 10.6 Å². The van der Waals surface area contributed by atoms with Gasteiger partial charge in [-0.05, 0) is 27.7 Å². The quantitative estimate of drug-likeness (QED) is 0.576. The number of aliphatic hydroxyl groups is 1. The van der Waals surface area contributed by atoms with E-state index in [1.54, 1.807) is 0 Å². The number of carbonyl (C=O) groups is 1. The first kappa shape index (κ1) is 12.4. The van der Waals surface area contributed by atoms with Gasteiger partial charge >= 0.3 is 0 Å². The fourth-order valence-electron chi connectivity index (χ4n) is 0.794. The molecule has 13 heavy (non-hydrogen) atoms. The first-order valence-electron chi connectivity index (χ1n) is 4.50. The first-order valence-corrected chi connectivity index (χ1v) is 4.50. The summed E-state index contributed by atoms with van der Waals surface area (Å²) < 4.78 is 0. The molecule has 4 heteroatoms. The second-order valence-corrected chi connectivity index (χ2v) is 4.26. The minimum Gasteiger partial charge on any atom is -0.395 e. The van der Waals surface area contributed by atoms with Crippen molar-refractivity contribution >= 4 is 5.91 Å². The molecule has 0 heterocycles. The van der Waals surface area contributed by atoms with E-state index in [0.29, 0.717) is 0 Å². The van der Waals surface area contributed by atoms with E-state index in [-0.39, 0.29) is 30.6 Å². The number of nitrogens with one attached hydrogen (secondary N) is 2. The summed E-state index contributed by atoms with van der Waals surface area (Å²) in [6, 6.07) is -0.0364. The molecule has 0 rings (SSSR count). The van der Waals surface area contributed by atoms with Gasteiger partial charge in [0.05, 0.1) is 13.2 Å². The second-order valence-electron chi connectivity index (χ2n) is 4.26. The van der Waals surface area contributed by atoms with Crippen LogP contribution in [0, 0.1) is 0 Å². The third-order valence-corrected chi connectivity index (χ3v) is 1.40. The Kier molecular flexibility index (Phi) is 4.95. The smallest absolute Gasteiger partial charge is 0.234 e. The summed E-state index contributed by atoms with van der Waals surface area (Å²) in [6.45, 7) is 7.91. The molecular weight excluding hydrogens is 168 g/mol. The zero-order chi connectivity index (χ0) is 10.5. The minimum absolute atomic E-state index is 0.0364. The van der Waals surface area contributed by atoms with Gasteiger partial charge in [0.15, 0.2) is 0 Å². The van der Waals surface area contributed by atoms with Crippen molar-refractivity contribution < 1.29 is 9.90 Å². The highest BCUT2D eigenvalue weighted by Crippen LogP contribution is 1.97. The van der Waals surface area contributed by atoms with Crippen molar-refractivity contribution in [3.05, 3.63) is 0 Å². The number of amides is 1. The summed E-state index contributed by atoms with van der Waals surface area (Å²) in [6.07, 6.45) is 0. The molecule has 0 saturated heterocycles. The van der Waals surface area contributed by atoms with E-state index in [2.05, 4.69) is 10.6 Å². The molecule has 4 nitrogen and oxygen atoms in total. The molecule has 0 aromatic carbocycles. The molecule has 0 unspecified atom stereocenters. The number of carbonyl (C=O) groups excluding carboxylic acids is 1. The van der Waals surface area contributed by atoms with Gasteiger partial charge in [-0.3, -0.25) is 4.79 Å². The maximum atomic E-state index is 11.2. The van der Waals surface area contributed by atoms with Crippen LogP contribution in [0.3, 0.4) is 0 Å². The van der Waals surface area contributed by atoms with Gasteiger partial charge in [-0.15, -0.1) is 0 Å². The highest BCUT2D eigenvalue weighted by molar-refractivity contribution is 5.78. The average molecular weight is 188 g/mol. The van der Waals surface area contributed by atoms with Crippen LogP contribution in [0.2, 0.25) is 0 Å². The molecule has 0 radical (unpaired) electrons. The van der Waals surface area contributed by atoms with Crippen LogP contribution in [0.5, 0.6) is 0 Å². The molecule has 0 fully saturated rings. The summed E-state index contributed by atoms with van der Waals surface area (Å²) in [5, 5.41) is 14.4. The molecule has 0 aromatic heterocycles. The fraction of sp³-hybridized carbons (Fsp3) is 0.889. The minimum atomic E-state index is -0.193. The van der Waals surface area contributed by atoms with Gasteiger partial charge < -0.3 is 15.7 Å². The normalized spacial score (nSPS) is 13.9. The van der Waals surface area contributed by atoms with Gasteiger partial charge in [-0.2, -0.15) is 0 Å². The Morgan fingerprint density at radius 1 is 1.46 bits per heavy atom. The molecule has 3 N–H and O–H groups in total. The van der Waals surface area contributed by atoms with Gasteiger partial charge in [-0.1, -0.05) is 0 Å². The Morgan fingerprint density at radius 3 is 2.38 bits per heavy atom. The van der Waals surface area contributed by atoms with Crippen LogP contribution in [0.1, 0.15) is 27.7 Å². The molecule has 0 saturated carbocycles. The Balaban J connectivity index is 3.64. The third kappa shape index (κ3) is 7.74. The van der Waals surface area contributed by atoms with Crippen molar-refractivity contribution in [2.75, 3.05) is 13.2 Å². The summed E-state index contributed by atoms with van der Waals surface area (Å²) in [7, 11) is 0. The van der Waals surface area contributed by atoms with E-state index in [1.165, 1.54) is 0 Å². The lowest BCUT2D eigenvalue weighted by Gasteiger charge is -2.21. The van der Waals surface area contributed by atoms with Crippen molar-refractivity contribution in [3.63, 3.8) is 0 Å². The number of hydrogen-bond donors (Lipinski definition) is 3. The van der Waals surface area contributed by atoms with E-state index >= 15 is 0 Å². The van der Waals surface area contributed by atoms with Crippen LogP contribution < -0.4 is 10.6 Å². The van der Waals surface area contributed by atoms with E-state index < -0.39 is 0 Å². The van der Waals surface area contributed by atoms with E-state index in [1.807, 2.05) is 27.7 Å². The zero-order valence-electron chi connectivity index (χ0n) is 8.85. The van der Waals surface area contributed by atoms with E-state index in [0.717, 1.165) is 0 Å². The van der Waals surface area contributed by atoms with Crippen molar-refractivity contribution in [2.24, 2.45) is 0 Å². The van der Waals surface area contributed by atoms with Gasteiger partial charge in [0.2, 0.25) is 5.91 Å². The standard InChI is InChI=1S/C9H20N2O2/c1-7(6-12)10-5-8(13)11-9(2,3)4/h7,10,12H,5-6H2,1-4H3,(H,11,13)/t7-/m1/s1. The maximum Gasteiger partial charge on any atom is 0.234 e. The Labute approximate surface area is 79.7 Å². The molecule has 0 bridgehead atoms. The van der Waals surface area contributed by atoms with Crippen LogP contribution >= 0.6 is 0 Å². The van der Waals surface area contributed by atoms with Crippen molar-refractivity contribution in [3.8, 4) is 0 Å². The molecule has 0 aliphatic rings. The first-order chi connectivity index (χ1) is 5.85. The van der Waals surface area contributed by atoms with Gasteiger partial charge in [-0.25, -0.2) is 0 Å². The van der Waals surface area contributed by atoms with Crippen LogP contribution in [0.25, 0.3) is 0 Å². The Bertz CT molecular complexity index is 163. The summed E-state index contributed by atoms with van der Waals surface area (Å²) in [5.41, 5.74) is -0.193. The summed E-state index contributed by atoms with van der Waals surface area (Å²) in [4.78, 5) is 11.2. The predicted molar refractivity (Wildman–Crippen MR) is 52.4 cm³/mol. The second kappa shape index (κ2) is 5.19. The van der Waals surface area contributed by atoms with Gasteiger partial charge in [0.25, 0.3) is 0 Å². The molecule has 1 amide bonds. The van der Waals surface area contributed by atoms with Crippen LogP contribution in [0.4, 0.5) is 0 Å². The number of aliphatic hydroxyl groups excluding tert-OH is 1. The van der Waals surface area contributed by atoms with Crippen molar-refractivity contribution in [2.45, 2.75) is 39.3 Å². The molecule has 0 aliphatic heterocycles. The Hall–Kier alpha value is -0.610. The molecule has 1 atom stereocenters. The van der Waals surface area contributed by atoms with E-state index in [4.69, 9.17) is 5.11 Å². The summed E-state index contributed by atoms with van der Waals surface area (Å²) in [5.74, 6) is -0.0483. The van der Waals surface area contributed by atoms with Crippen LogP contribution in [0.15, 0.2) is 0 Å². The largest absolute Gasteiger partial charge is 0.395 e. The molecule has 0 spiro atoms. The summed E-state index contributed by atoms with van der Waals surface area (Å²) >= 11 is 0. The Morgan fingerprint density at radius 2 is 2.00 bits per heavy atom. The molecule has 0 aliphatic carbocycles. The monoisotopic (exact) mass is 188 g/mol. The zero-order valence-corrected chi connectivity index (χ0v) is 8.85. The maximum absolute atomic E-state index is 11.2. The molecule has 78 valence electrons. The molecule has 0 aromatic rings. The lowest BCUT2D eigenvalue weighted by atomic mass is 10.1. The van der Waals surface area contributed by atoms with Gasteiger partial charge in [0.1, 0.15) is 0 Å². The average Bonchev–Trinajstić information content (AvgIpc) is 1.97.